The van der Waals surface area contributed by atoms with Crippen LogP contribution in [-0.4, -0.2) is 54.6 Å². The smallest absolute Gasteiger partial charge is 0.337 e. The van der Waals surface area contributed by atoms with E-state index in [1.165, 1.54) is 11.9 Å². The van der Waals surface area contributed by atoms with Gasteiger partial charge in [0.2, 0.25) is 0 Å². The summed E-state index contributed by atoms with van der Waals surface area (Å²) in [6.07, 6.45) is -5.75. The van der Waals surface area contributed by atoms with Gasteiger partial charge in [-0.15, -0.1) is 0 Å². The zero-order valence-corrected chi connectivity index (χ0v) is 14.3. The standard InChI is InChI=1S/C17H21F5N2O/c1-10(2)15(9-24-7-12(18)8-24)23(3)16(25)11-4-5-14(19)13(6-11)17(20,21)22/h4-6,10,12,15H,7-9H2,1-3H3. The fourth-order valence-corrected chi connectivity index (χ4v) is 2.93. The molecule has 1 aliphatic rings. The van der Waals surface area contributed by atoms with E-state index in [0.29, 0.717) is 31.8 Å². The minimum absolute atomic E-state index is 0.0233. The van der Waals surface area contributed by atoms with E-state index in [9.17, 15) is 26.7 Å². The van der Waals surface area contributed by atoms with Crippen molar-refractivity contribution in [3.63, 3.8) is 0 Å². The largest absolute Gasteiger partial charge is 0.419 e. The monoisotopic (exact) mass is 364 g/mol. The van der Waals surface area contributed by atoms with Crippen molar-refractivity contribution in [2.45, 2.75) is 32.2 Å². The van der Waals surface area contributed by atoms with Gasteiger partial charge in [0.15, 0.2) is 0 Å². The molecule has 1 aromatic carbocycles. The molecule has 1 amide bonds. The second kappa shape index (κ2) is 7.27. The summed E-state index contributed by atoms with van der Waals surface area (Å²) in [6, 6.07) is 1.94. The topological polar surface area (TPSA) is 23.6 Å². The summed E-state index contributed by atoms with van der Waals surface area (Å²) in [4.78, 5) is 15.8. The van der Waals surface area contributed by atoms with Crippen LogP contribution in [0.25, 0.3) is 0 Å². The van der Waals surface area contributed by atoms with Gasteiger partial charge < -0.3 is 4.90 Å². The van der Waals surface area contributed by atoms with E-state index in [0.717, 1.165) is 6.07 Å². The van der Waals surface area contributed by atoms with E-state index >= 15 is 0 Å². The van der Waals surface area contributed by atoms with Gasteiger partial charge in [0, 0.05) is 38.3 Å². The number of benzene rings is 1. The molecule has 0 aromatic heterocycles. The molecule has 140 valence electrons. The number of likely N-dealkylation sites (N-methyl/N-ethyl adjacent to an activating group) is 1. The maximum Gasteiger partial charge on any atom is 0.419 e. The molecule has 25 heavy (non-hydrogen) atoms. The van der Waals surface area contributed by atoms with Crippen molar-refractivity contribution < 1.29 is 26.7 Å². The predicted molar refractivity (Wildman–Crippen MR) is 83.5 cm³/mol. The van der Waals surface area contributed by atoms with Crippen molar-refractivity contribution in [1.29, 1.82) is 0 Å². The van der Waals surface area contributed by atoms with Crippen LogP contribution < -0.4 is 0 Å². The molecule has 3 nitrogen and oxygen atoms in total. The fraction of sp³-hybridized carbons (Fsp3) is 0.588. The molecular formula is C17H21F5N2O. The van der Waals surface area contributed by atoms with Gasteiger partial charge in [0.1, 0.15) is 12.0 Å². The fourth-order valence-electron chi connectivity index (χ4n) is 2.93. The number of alkyl halides is 4. The molecule has 1 heterocycles. The zero-order valence-electron chi connectivity index (χ0n) is 14.3. The molecule has 1 saturated heterocycles. The van der Waals surface area contributed by atoms with Gasteiger partial charge >= 0.3 is 6.18 Å². The molecule has 0 radical (unpaired) electrons. The lowest BCUT2D eigenvalue weighted by Gasteiger charge is -2.41. The lowest BCUT2D eigenvalue weighted by Crippen LogP contribution is -2.55. The number of carbonyl (C=O) groups excluding carboxylic acids is 1. The molecule has 1 aliphatic heterocycles. The van der Waals surface area contributed by atoms with Crippen LogP contribution in [0.1, 0.15) is 29.8 Å². The van der Waals surface area contributed by atoms with Crippen molar-refractivity contribution in [3.05, 3.63) is 35.1 Å². The molecule has 1 fully saturated rings. The van der Waals surface area contributed by atoms with Crippen LogP contribution in [0.5, 0.6) is 0 Å². The first-order valence-electron chi connectivity index (χ1n) is 8.01. The quantitative estimate of drug-likeness (QED) is 0.746. The van der Waals surface area contributed by atoms with Gasteiger partial charge in [0.05, 0.1) is 5.56 Å². The summed E-state index contributed by atoms with van der Waals surface area (Å²) in [5.74, 6) is -2.02. The molecule has 0 bridgehead atoms. The van der Waals surface area contributed by atoms with E-state index < -0.39 is 29.6 Å². The lowest BCUT2D eigenvalue weighted by atomic mass is 9.99. The zero-order chi connectivity index (χ0) is 18.9. The van der Waals surface area contributed by atoms with Crippen LogP contribution in [0.3, 0.4) is 0 Å². The molecule has 1 unspecified atom stereocenters. The average molecular weight is 364 g/mol. The van der Waals surface area contributed by atoms with Crippen LogP contribution >= 0.6 is 0 Å². The average Bonchev–Trinajstić information content (AvgIpc) is 2.48. The Bertz CT molecular complexity index is 626. The van der Waals surface area contributed by atoms with Crippen molar-refractivity contribution in [2.75, 3.05) is 26.7 Å². The Morgan fingerprint density at radius 1 is 1.32 bits per heavy atom. The van der Waals surface area contributed by atoms with Crippen LogP contribution in [0.2, 0.25) is 0 Å². The highest BCUT2D eigenvalue weighted by atomic mass is 19.4. The first-order chi connectivity index (χ1) is 11.5. The summed E-state index contributed by atoms with van der Waals surface area (Å²) in [5, 5.41) is 0. The number of halogens is 5. The van der Waals surface area contributed by atoms with Crippen LogP contribution in [0.4, 0.5) is 22.0 Å². The summed E-state index contributed by atoms with van der Waals surface area (Å²) in [6.45, 7) is 4.79. The molecule has 2 rings (SSSR count). The molecule has 1 aromatic rings. The molecule has 0 saturated carbocycles. The van der Waals surface area contributed by atoms with Crippen LogP contribution in [0, 0.1) is 11.7 Å². The van der Waals surface area contributed by atoms with E-state index in [4.69, 9.17) is 0 Å². The third-order valence-corrected chi connectivity index (χ3v) is 4.46. The lowest BCUT2D eigenvalue weighted by molar-refractivity contribution is -0.140. The SMILES string of the molecule is CC(C)C(CN1CC(F)C1)N(C)C(=O)c1ccc(F)c(C(F)(F)F)c1. The number of carbonyl (C=O) groups is 1. The van der Waals surface area contributed by atoms with Gasteiger partial charge in [-0.1, -0.05) is 13.8 Å². The van der Waals surface area contributed by atoms with Crippen LogP contribution in [-0.2, 0) is 6.18 Å². The second-order valence-corrected chi connectivity index (χ2v) is 6.74. The number of hydrogen-bond donors (Lipinski definition) is 0. The number of rotatable bonds is 5. The molecule has 1 atom stereocenters. The van der Waals surface area contributed by atoms with Gasteiger partial charge in [0.25, 0.3) is 5.91 Å². The maximum absolute atomic E-state index is 13.4. The Morgan fingerprint density at radius 2 is 1.92 bits per heavy atom. The number of hydrogen-bond acceptors (Lipinski definition) is 2. The van der Waals surface area contributed by atoms with Crippen molar-refractivity contribution in [1.82, 2.24) is 9.80 Å². The van der Waals surface area contributed by atoms with Gasteiger partial charge in [-0.25, -0.2) is 8.78 Å². The van der Waals surface area contributed by atoms with Crippen LogP contribution in [0.15, 0.2) is 18.2 Å². The van der Waals surface area contributed by atoms with E-state index in [-0.39, 0.29) is 17.5 Å². The number of amides is 1. The van der Waals surface area contributed by atoms with Crippen molar-refractivity contribution in [3.8, 4) is 0 Å². The van der Waals surface area contributed by atoms with Crippen molar-refractivity contribution in [2.24, 2.45) is 5.92 Å². The van der Waals surface area contributed by atoms with Gasteiger partial charge in [-0.3, -0.25) is 9.69 Å². The highest BCUT2D eigenvalue weighted by molar-refractivity contribution is 5.94. The van der Waals surface area contributed by atoms with Gasteiger partial charge in [-0.2, -0.15) is 13.2 Å². The van der Waals surface area contributed by atoms with Gasteiger partial charge in [-0.05, 0) is 24.1 Å². The third kappa shape index (κ3) is 4.48. The maximum atomic E-state index is 13.4. The summed E-state index contributed by atoms with van der Waals surface area (Å²) < 4.78 is 64.9. The third-order valence-electron chi connectivity index (χ3n) is 4.46. The minimum atomic E-state index is -4.87. The number of nitrogens with zero attached hydrogens (tertiary/aromatic N) is 2. The second-order valence-electron chi connectivity index (χ2n) is 6.74. The summed E-state index contributed by atoms with van der Waals surface area (Å²) in [5.41, 5.74) is -1.69. The van der Waals surface area contributed by atoms with E-state index in [2.05, 4.69) is 0 Å². The molecule has 0 aliphatic carbocycles. The first kappa shape index (κ1) is 19.6. The Kier molecular flexibility index (Phi) is 5.71. The van der Waals surface area contributed by atoms with E-state index in [1.54, 1.807) is 0 Å². The molecule has 0 spiro atoms. The summed E-state index contributed by atoms with van der Waals surface area (Å²) >= 11 is 0. The summed E-state index contributed by atoms with van der Waals surface area (Å²) in [7, 11) is 1.50. The highest BCUT2D eigenvalue weighted by Crippen LogP contribution is 2.32. The molecule has 8 heteroatoms. The normalized spacial score (nSPS) is 17.5. The predicted octanol–water partition coefficient (Wildman–Crippen LogP) is 3.59. The van der Waals surface area contributed by atoms with E-state index in [1.807, 2.05) is 18.7 Å². The first-order valence-corrected chi connectivity index (χ1v) is 8.01. The molecule has 0 N–H and O–H groups in total. The Labute approximate surface area is 143 Å². The van der Waals surface area contributed by atoms with Crippen molar-refractivity contribution >= 4 is 5.91 Å². The Hall–Kier alpha value is -1.70. The molecular weight excluding hydrogens is 343 g/mol. The highest BCUT2D eigenvalue weighted by Gasteiger charge is 2.36. The Balaban J connectivity index is 2.19. The number of likely N-dealkylation sites (tertiary alicyclic amines) is 1. The Morgan fingerprint density at radius 3 is 2.40 bits per heavy atom. The minimum Gasteiger partial charge on any atom is -0.337 e.